The summed E-state index contributed by atoms with van der Waals surface area (Å²) in [7, 11) is 0. The second-order valence-corrected chi connectivity index (χ2v) is 8.90. The molecule has 6 heteroatoms. The largest absolute Gasteiger partial charge is 0.393 e. The number of nitrogens with zero attached hydrogens (tertiary/aromatic N) is 1. The molecule has 5 nitrogen and oxygen atoms in total. The maximum Gasteiger partial charge on any atom is 0.258 e. The maximum absolute atomic E-state index is 12.4. The van der Waals surface area contributed by atoms with Crippen LogP contribution in [0.15, 0.2) is 23.0 Å². The number of aromatic amines is 1. The standard InChI is InChI=1S/C20H27N3O2S/c24-15-6-8-16(9-7-15)26-12-19-22-18-11-14(21-13-3-1-2-4-13)5-10-17(18)20(25)23-19/h5,10-11,13,15-16,21,24H,1-4,6-9,12H2,(H,22,23,25)/t15-,16+. The molecule has 1 aromatic carbocycles. The molecule has 0 aliphatic heterocycles. The van der Waals surface area contributed by atoms with Crippen molar-refractivity contribution in [3.05, 3.63) is 34.4 Å². The van der Waals surface area contributed by atoms with Gasteiger partial charge < -0.3 is 15.4 Å². The van der Waals surface area contributed by atoms with Gasteiger partial charge in [-0.1, -0.05) is 12.8 Å². The first-order valence-corrected chi connectivity index (χ1v) is 10.8. The summed E-state index contributed by atoms with van der Waals surface area (Å²) in [5.41, 5.74) is 1.77. The molecule has 0 radical (unpaired) electrons. The molecule has 2 saturated carbocycles. The Labute approximate surface area is 158 Å². The topological polar surface area (TPSA) is 78.0 Å². The summed E-state index contributed by atoms with van der Waals surface area (Å²) in [5, 5.41) is 14.4. The zero-order chi connectivity index (χ0) is 17.9. The number of aliphatic hydroxyl groups excluding tert-OH is 1. The summed E-state index contributed by atoms with van der Waals surface area (Å²) < 4.78 is 0. The summed E-state index contributed by atoms with van der Waals surface area (Å²) in [4.78, 5) is 20.0. The first-order valence-electron chi connectivity index (χ1n) is 9.76. The van der Waals surface area contributed by atoms with Crippen LogP contribution < -0.4 is 10.9 Å². The average molecular weight is 374 g/mol. The molecule has 0 bridgehead atoms. The molecule has 2 aromatic rings. The predicted octanol–water partition coefficient (Wildman–Crippen LogP) is 3.81. The molecule has 1 aromatic heterocycles. The van der Waals surface area contributed by atoms with E-state index in [9.17, 15) is 9.90 Å². The SMILES string of the molecule is O=c1[nH]c(CS[C@H]2CC[C@@H](O)CC2)nc2cc(NC3CCCC3)ccc12. The number of rotatable bonds is 5. The molecular weight excluding hydrogens is 346 g/mol. The van der Waals surface area contributed by atoms with Crippen LogP contribution in [0.25, 0.3) is 10.9 Å². The van der Waals surface area contributed by atoms with Crippen LogP contribution >= 0.6 is 11.8 Å². The van der Waals surface area contributed by atoms with E-state index in [2.05, 4.69) is 10.3 Å². The number of fused-ring (bicyclic) bond motifs is 1. The normalized spacial score (nSPS) is 24.2. The van der Waals surface area contributed by atoms with Crippen LogP contribution in [0.3, 0.4) is 0 Å². The van der Waals surface area contributed by atoms with Gasteiger partial charge in [0.15, 0.2) is 0 Å². The number of nitrogens with one attached hydrogen (secondary N) is 2. The van der Waals surface area contributed by atoms with E-state index in [-0.39, 0.29) is 11.7 Å². The Morgan fingerprint density at radius 1 is 1.15 bits per heavy atom. The van der Waals surface area contributed by atoms with Gasteiger partial charge in [0.05, 0.1) is 22.8 Å². The zero-order valence-corrected chi connectivity index (χ0v) is 15.9. The number of hydrogen-bond donors (Lipinski definition) is 3. The van der Waals surface area contributed by atoms with Crippen LogP contribution in [-0.2, 0) is 5.75 Å². The van der Waals surface area contributed by atoms with Gasteiger partial charge in [-0.15, -0.1) is 0 Å². The summed E-state index contributed by atoms with van der Waals surface area (Å²) in [6.45, 7) is 0. The molecule has 4 rings (SSSR count). The number of hydrogen-bond acceptors (Lipinski definition) is 5. The van der Waals surface area contributed by atoms with E-state index in [1.165, 1.54) is 25.7 Å². The maximum atomic E-state index is 12.4. The van der Waals surface area contributed by atoms with Crippen molar-refractivity contribution in [2.24, 2.45) is 0 Å². The average Bonchev–Trinajstić information content (AvgIpc) is 3.14. The Morgan fingerprint density at radius 2 is 1.92 bits per heavy atom. The van der Waals surface area contributed by atoms with Crippen molar-refractivity contribution >= 4 is 28.4 Å². The minimum atomic E-state index is -0.128. The van der Waals surface area contributed by atoms with E-state index >= 15 is 0 Å². The molecule has 140 valence electrons. The van der Waals surface area contributed by atoms with Crippen LogP contribution in [-0.4, -0.2) is 32.5 Å². The number of benzene rings is 1. The molecule has 1 heterocycles. The number of aromatic nitrogens is 2. The first kappa shape index (κ1) is 17.9. The lowest BCUT2D eigenvalue weighted by atomic mass is 9.97. The van der Waals surface area contributed by atoms with Gasteiger partial charge >= 0.3 is 0 Å². The minimum Gasteiger partial charge on any atom is -0.393 e. The third-order valence-electron chi connectivity index (χ3n) is 5.58. The molecule has 0 saturated heterocycles. The minimum absolute atomic E-state index is 0.0583. The van der Waals surface area contributed by atoms with Gasteiger partial charge in [0, 0.05) is 17.0 Å². The lowest BCUT2D eigenvalue weighted by Crippen LogP contribution is -2.20. The molecule has 0 atom stereocenters. The van der Waals surface area contributed by atoms with E-state index in [0.29, 0.717) is 22.4 Å². The fraction of sp³-hybridized carbons (Fsp3) is 0.600. The van der Waals surface area contributed by atoms with Crippen molar-refractivity contribution in [2.45, 2.75) is 74.5 Å². The van der Waals surface area contributed by atoms with Crippen molar-refractivity contribution in [3.8, 4) is 0 Å². The lowest BCUT2D eigenvalue weighted by molar-refractivity contribution is 0.132. The monoisotopic (exact) mass is 373 g/mol. The number of thioether (sulfide) groups is 1. The summed E-state index contributed by atoms with van der Waals surface area (Å²) in [6.07, 6.45) is 8.75. The summed E-state index contributed by atoms with van der Waals surface area (Å²) in [6, 6.07) is 6.41. The van der Waals surface area contributed by atoms with Gasteiger partial charge in [0.1, 0.15) is 5.82 Å². The van der Waals surface area contributed by atoms with Crippen molar-refractivity contribution in [2.75, 3.05) is 5.32 Å². The fourth-order valence-electron chi connectivity index (χ4n) is 4.06. The number of H-pyrrole nitrogens is 1. The summed E-state index contributed by atoms with van der Waals surface area (Å²) >= 11 is 1.84. The Balaban J connectivity index is 1.47. The number of anilines is 1. The van der Waals surface area contributed by atoms with Crippen molar-refractivity contribution in [1.29, 1.82) is 0 Å². The Kier molecular flexibility index (Phi) is 5.50. The van der Waals surface area contributed by atoms with Gasteiger partial charge in [-0.05, 0) is 56.7 Å². The van der Waals surface area contributed by atoms with Gasteiger partial charge in [0.25, 0.3) is 5.56 Å². The highest BCUT2D eigenvalue weighted by atomic mass is 32.2. The highest BCUT2D eigenvalue weighted by Gasteiger charge is 2.20. The fourth-order valence-corrected chi connectivity index (χ4v) is 5.20. The van der Waals surface area contributed by atoms with Crippen molar-refractivity contribution < 1.29 is 5.11 Å². The van der Waals surface area contributed by atoms with Crippen LogP contribution in [0, 0.1) is 0 Å². The van der Waals surface area contributed by atoms with Crippen LogP contribution in [0.1, 0.15) is 57.2 Å². The van der Waals surface area contributed by atoms with Crippen molar-refractivity contribution in [1.82, 2.24) is 9.97 Å². The highest BCUT2D eigenvalue weighted by molar-refractivity contribution is 7.99. The van der Waals surface area contributed by atoms with Crippen LogP contribution in [0.4, 0.5) is 5.69 Å². The zero-order valence-electron chi connectivity index (χ0n) is 15.0. The van der Waals surface area contributed by atoms with E-state index < -0.39 is 0 Å². The molecule has 3 N–H and O–H groups in total. The van der Waals surface area contributed by atoms with Crippen LogP contribution in [0.2, 0.25) is 0 Å². The smallest absolute Gasteiger partial charge is 0.258 e. The third-order valence-corrected chi connectivity index (χ3v) is 6.96. The molecule has 2 aliphatic rings. The Bertz CT molecular complexity index is 808. The van der Waals surface area contributed by atoms with Gasteiger partial charge in [-0.2, -0.15) is 11.8 Å². The molecule has 0 unspecified atom stereocenters. The Hall–Kier alpha value is -1.53. The van der Waals surface area contributed by atoms with Crippen molar-refractivity contribution in [3.63, 3.8) is 0 Å². The molecule has 0 spiro atoms. The van der Waals surface area contributed by atoms with Gasteiger partial charge in [-0.25, -0.2) is 4.98 Å². The Morgan fingerprint density at radius 3 is 2.69 bits per heavy atom. The predicted molar refractivity (Wildman–Crippen MR) is 108 cm³/mol. The van der Waals surface area contributed by atoms with Gasteiger partial charge in [0.2, 0.25) is 0 Å². The highest BCUT2D eigenvalue weighted by Crippen LogP contribution is 2.30. The molecule has 2 fully saturated rings. The number of aliphatic hydroxyl groups is 1. The van der Waals surface area contributed by atoms with E-state index in [1.807, 2.05) is 30.0 Å². The van der Waals surface area contributed by atoms with Crippen LogP contribution in [0.5, 0.6) is 0 Å². The molecular formula is C20H27N3O2S. The summed E-state index contributed by atoms with van der Waals surface area (Å²) in [5.74, 6) is 1.46. The first-order chi connectivity index (χ1) is 12.7. The van der Waals surface area contributed by atoms with E-state index in [4.69, 9.17) is 4.98 Å². The second kappa shape index (κ2) is 8.01. The molecule has 0 amide bonds. The van der Waals surface area contributed by atoms with E-state index in [0.717, 1.165) is 42.7 Å². The van der Waals surface area contributed by atoms with E-state index in [1.54, 1.807) is 0 Å². The molecule has 2 aliphatic carbocycles. The third kappa shape index (κ3) is 4.23. The lowest BCUT2D eigenvalue weighted by Gasteiger charge is -2.24. The molecule has 26 heavy (non-hydrogen) atoms. The quantitative estimate of drug-likeness (QED) is 0.743. The van der Waals surface area contributed by atoms with Gasteiger partial charge in [-0.3, -0.25) is 4.79 Å². The second-order valence-electron chi connectivity index (χ2n) is 7.61.